The van der Waals surface area contributed by atoms with Crippen molar-refractivity contribution in [3.8, 4) is 5.88 Å². The molecule has 23 heavy (non-hydrogen) atoms. The number of rotatable bonds is 7. The molecule has 1 atom stereocenters. The number of aliphatic hydroxyl groups is 1. The smallest absolute Gasteiger partial charge is 0.256 e. The number of nitrogens with one attached hydrogen (secondary N) is 1. The summed E-state index contributed by atoms with van der Waals surface area (Å²) in [7, 11) is 0. The summed E-state index contributed by atoms with van der Waals surface area (Å²) in [5, 5.41) is 13.0. The molecule has 0 saturated heterocycles. The number of nitrogens with zero attached hydrogens (tertiary/aromatic N) is 1. The maximum absolute atomic E-state index is 12.4. The van der Waals surface area contributed by atoms with Crippen LogP contribution in [0.5, 0.6) is 5.88 Å². The summed E-state index contributed by atoms with van der Waals surface area (Å²) in [5.41, 5.74) is -0.955. The first kappa shape index (κ1) is 17.0. The van der Waals surface area contributed by atoms with E-state index in [-0.39, 0.29) is 18.3 Å². The number of ether oxygens (including phenoxy) is 1. The lowest BCUT2D eigenvalue weighted by Crippen LogP contribution is -2.38. The minimum atomic E-state index is -1.29. The summed E-state index contributed by atoms with van der Waals surface area (Å²) >= 11 is 0. The van der Waals surface area contributed by atoms with Crippen molar-refractivity contribution in [2.24, 2.45) is 5.92 Å². The number of hydrogen-bond donors (Lipinski definition) is 2. The Balaban J connectivity index is 2.03. The molecule has 2 N–H and O–H groups in total. The van der Waals surface area contributed by atoms with Gasteiger partial charge in [-0.05, 0) is 37.1 Å². The number of hydrogen-bond acceptors (Lipinski definition) is 5. The summed E-state index contributed by atoms with van der Waals surface area (Å²) in [6.07, 6.45) is 3.05. The quantitative estimate of drug-likeness (QED) is 0.818. The molecular weight excluding hydrogens is 296 g/mol. The standard InChI is InChI=1S/C17H22N2O4/c1-12(2)10-23-16-13(6-4-8-18-16)15(20)19-11-17(3,21)14-7-5-9-22-14/h4-9,12,21H,10-11H2,1-3H3,(H,19,20). The third-order valence-corrected chi connectivity index (χ3v) is 3.21. The van der Waals surface area contributed by atoms with Gasteiger partial charge in [-0.3, -0.25) is 4.79 Å². The van der Waals surface area contributed by atoms with Crippen molar-refractivity contribution >= 4 is 5.91 Å². The topological polar surface area (TPSA) is 84.6 Å². The number of amides is 1. The normalized spacial score (nSPS) is 13.6. The van der Waals surface area contributed by atoms with Crippen molar-refractivity contribution in [3.05, 3.63) is 48.0 Å². The van der Waals surface area contributed by atoms with Gasteiger partial charge in [0.1, 0.15) is 16.9 Å². The second kappa shape index (κ2) is 7.28. The van der Waals surface area contributed by atoms with E-state index in [2.05, 4.69) is 10.3 Å². The number of aromatic nitrogens is 1. The highest BCUT2D eigenvalue weighted by molar-refractivity contribution is 5.96. The molecule has 0 radical (unpaired) electrons. The number of pyridine rings is 1. The summed E-state index contributed by atoms with van der Waals surface area (Å²) in [5.74, 6) is 0.646. The molecule has 1 unspecified atom stereocenters. The van der Waals surface area contributed by atoms with Gasteiger partial charge >= 0.3 is 0 Å². The average Bonchev–Trinajstić information content (AvgIpc) is 3.06. The first-order valence-corrected chi connectivity index (χ1v) is 7.52. The van der Waals surface area contributed by atoms with Gasteiger partial charge in [0.05, 0.1) is 19.4 Å². The number of carbonyl (C=O) groups is 1. The molecule has 0 aliphatic heterocycles. The van der Waals surface area contributed by atoms with Crippen LogP contribution < -0.4 is 10.1 Å². The van der Waals surface area contributed by atoms with Gasteiger partial charge in [0, 0.05) is 6.20 Å². The fraction of sp³-hybridized carbons (Fsp3) is 0.412. The van der Waals surface area contributed by atoms with E-state index in [1.807, 2.05) is 13.8 Å². The van der Waals surface area contributed by atoms with Crippen LogP contribution in [0.2, 0.25) is 0 Å². The van der Waals surface area contributed by atoms with Crippen LogP contribution in [0.15, 0.2) is 41.1 Å². The second-order valence-electron chi connectivity index (χ2n) is 5.99. The van der Waals surface area contributed by atoms with Crippen LogP contribution in [0.4, 0.5) is 0 Å². The van der Waals surface area contributed by atoms with Crippen LogP contribution in [0.1, 0.15) is 36.9 Å². The molecule has 2 heterocycles. The van der Waals surface area contributed by atoms with Crippen LogP contribution in [0, 0.1) is 5.92 Å². The summed E-state index contributed by atoms with van der Waals surface area (Å²) in [4.78, 5) is 16.5. The zero-order valence-corrected chi connectivity index (χ0v) is 13.6. The van der Waals surface area contributed by atoms with Gasteiger partial charge in [-0.2, -0.15) is 0 Å². The highest BCUT2D eigenvalue weighted by atomic mass is 16.5. The Morgan fingerprint density at radius 3 is 2.87 bits per heavy atom. The van der Waals surface area contributed by atoms with Crippen LogP contribution in [-0.4, -0.2) is 29.1 Å². The number of furan rings is 1. The monoisotopic (exact) mass is 318 g/mol. The van der Waals surface area contributed by atoms with E-state index in [9.17, 15) is 9.90 Å². The molecule has 2 aromatic heterocycles. The molecule has 6 heteroatoms. The van der Waals surface area contributed by atoms with Gasteiger partial charge in [0.25, 0.3) is 5.91 Å². The minimum Gasteiger partial charge on any atom is -0.477 e. The molecular formula is C17H22N2O4. The van der Waals surface area contributed by atoms with Crippen molar-refractivity contribution in [2.75, 3.05) is 13.2 Å². The van der Waals surface area contributed by atoms with Crippen molar-refractivity contribution in [2.45, 2.75) is 26.4 Å². The van der Waals surface area contributed by atoms with Crippen molar-refractivity contribution in [1.29, 1.82) is 0 Å². The third-order valence-electron chi connectivity index (χ3n) is 3.21. The second-order valence-corrected chi connectivity index (χ2v) is 5.99. The molecule has 0 spiro atoms. The lowest BCUT2D eigenvalue weighted by atomic mass is 10.0. The first-order valence-electron chi connectivity index (χ1n) is 7.52. The van der Waals surface area contributed by atoms with E-state index in [4.69, 9.17) is 9.15 Å². The molecule has 124 valence electrons. The van der Waals surface area contributed by atoms with Crippen LogP contribution in [-0.2, 0) is 5.60 Å². The van der Waals surface area contributed by atoms with E-state index in [1.165, 1.54) is 6.26 Å². The average molecular weight is 318 g/mol. The fourth-order valence-corrected chi connectivity index (χ4v) is 1.94. The maximum atomic E-state index is 12.4. The predicted molar refractivity (Wildman–Crippen MR) is 85.2 cm³/mol. The molecule has 0 aromatic carbocycles. The Hall–Kier alpha value is -2.34. The number of carbonyl (C=O) groups excluding carboxylic acids is 1. The highest BCUT2D eigenvalue weighted by Crippen LogP contribution is 2.21. The van der Waals surface area contributed by atoms with E-state index in [1.54, 1.807) is 37.4 Å². The van der Waals surface area contributed by atoms with Crippen molar-refractivity contribution in [1.82, 2.24) is 10.3 Å². The van der Waals surface area contributed by atoms with Crippen LogP contribution in [0.3, 0.4) is 0 Å². The Labute approximate surface area is 135 Å². The fourth-order valence-electron chi connectivity index (χ4n) is 1.94. The summed E-state index contributed by atoms with van der Waals surface area (Å²) in [6, 6.07) is 6.65. The first-order chi connectivity index (χ1) is 10.9. The van der Waals surface area contributed by atoms with Crippen molar-refractivity contribution in [3.63, 3.8) is 0 Å². The van der Waals surface area contributed by atoms with E-state index in [0.717, 1.165) is 0 Å². The molecule has 1 amide bonds. The third kappa shape index (κ3) is 4.56. The molecule has 0 saturated carbocycles. The van der Waals surface area contributed by atoms with E-state index >= 15 is 0 Å². The lowest BCUT2D eigenvalue weighted by Gasteiger charge is -2.21. The molecule has 2 aromatic rings. The van der Waals surface area contributed by atoms with Gasteiger partial charge in [-0.25, -0.2) is 4.98 Å². The maximum Gasteiger partial charge on any atom is 0.256 e. The lowest BCUT2D eigenvalue weighted by molar-refractivity contribution is 0.0329. The van der Waals surface area contributed by atoms with E-state index in [0.29, 0.717) is 23.8 Å². The largest absolute Gasteiger partial charge is 0.477 e. The zero-order valence-electron chi connectivity index (χ0n) is 13.6. The van der Waals surface area contributed by atoms with Crippen LogP contribution >= 0.6 is 0 Å². The van der Waals surface area contributed by atoms with Crippen molar-refractivity contribution < 1.29 is 19.1 Å². The molecule has 0 bridgehead atoms. The minimum absolute atomic E-state index is 0.0118. The van der Waals surface area contributed by atoms with Gasteiger partial charge in [-0.1, -0.05) is 13.8 Å². The van der Waals surface area contributed by atoms with Gasteiger partial charge in [0.15, 0.2) is 0 Å². The van der Waals surface area contributed by atoms with Gasteiger partial charge in [0.2, 0.25) is 5.88 Å². The molecule has 0 fully saturated rings. The SMILES string of the molecule is CC(C)COc1ncccc1C(=O)NCC(C)(O)c1ccco1. The Morgan fingerprint density at radius 2 is 2.22 bits per heavy atom. The molecule has 0 aliphatic rings. The Kier molecular flexibility index (Phi) is 5.39. The zero-order chi connectivity index (χ0) is 16.9. The Morgan fingerprint density at radius 1 is 1.43 bits per heavy atom. The molecule has 2 rings (SSSR count). The van der Waals surface area contributed by atoms with Gasteiger partial charge < -0.3 is 19.6 Å². The molecule has 0 aliphatic carbocycles. The highest BCUT2D eigenvalue weighted by Gasteiger charge is 2.27. The molecule has 6 nitrogen and oxygen atoms in total. The Bertz CT molecular complexity index is 636. The summed E-state index contributed by atoms with van der Waals surface area (Å²) in [6.45, 7) is 6.09. The van der Waals surface area contributed by atoms with E-state index < -0.39 is 5.60 Å². The predicted octanol–water partition coefficient (Wildman–Crippen LogP) is 2.35. The van der Waals surface area contributed by atoms with Crippen LogP contribution in [0.25, 0.3) is 0 Å². The van der Waals surface area contributed by atoms with Gasteiger partial charge in [-0.15, -0.1) is 0 Å². The summed E-state index contributed by atoms with van der Waals surface area (Å²) < 4.78 is 10.8.